The van der Waals surface area contributed by atoms with E-state index in [-0.39, 0.29) is 37.3 Å². The molecule has 1 aromatic carbocycles. The largest absolute Gasteiger partial charge is 0.328 e. The smallest absolute Gasteiger partial charge is 0.308 e. The fraction of sp³-hybridized carbons (Fsp3) is 0.625. The number of urea groups is 1. The summed E-state index contributed by atoms with van der Waals surface area (Å²) in [5, 5.41) is 8.75. The van der Waals surface area contributed by atoms with Gasteiger partial charge in [0, 0.05) is 18.1 Å². The standard InChI is InChI=1S/C24H29F2N3O4/c25-18-5-4-17(19(26)9-18)13-28-20(2-1-3-21(30)27-33)22(31)29(23(28)32)24-10-14-6-15(11-24)8-16(7-14)12-24/h4-5,9,14-16,20,33H,1-3,6-8,10-13H2,(H,27,30). The number of imide groups is 1. The molecule has 4 bridgehead atoms. The number of hydrogen-bond acceptors (Lipinski definition) is 4. The summed E-state index contributed by atoms with van der Waals surface area (Å²) in [6, 6.07) is 1.98. The molecule has 5 aliphatic rings. The molecular formula is C24H29F2N3O4. The first-order valence-electron chi connectivity index (χ1n) is 11.8. The van der Waals surface area contributed by atoms with E-state index in [9.17, 15) is 23.2 Å². The zero-order valence-electron chi connectivity index (χ0n) is 18.4. The number of hydrogen-bond donors (Lipinski definition) is 2. The molecule has 1 unspecified atom stereocenters. The molecule has 33 heavy (non-hydrogen) atoms. The Labute approximate surface area is 191 Å². The Morgan fingerprint density at radius 1 is 1.09 bits per heavy atom. The van der Waals surface area contributed by atoms with Gasteiger partial charge in [-0.1, -0.05) is 6.07 Å². The zero-order chi connectivity index (χ0) is 23.3. The molecule has 0 radical (unpaired) electrons. The molecule has 1 saturated heterocycles. The number of nitrogens with zero attached hydrogens (tertiary/aromatic N) is 2. The van der Waals surface area contributed by atoms with E-state index < -0.39 is 35.2 Å². The average molecular weight is 462 g/mol. The van der Waals surface area contributed by atoms with Crippen molar-refractivity contribution in [1.29, 1.82) is 0 Å². The summed E-state index contributed by atoms with van der Waals surface area (Å²) in [4.78, 5) is 41.7. The average Bonchev–Trinajstić information content (AvgIpc) is 2.98. The molecule has 4 saturated carbocycles. The van der Waals surface area contributed by atoms with E-state index in [2.05, 4.69) is 0 Å². The summed E-state index contributed by atoms with van der Waals surface area (Å²) in [5.74, 6) is -0.718. The summed E-state index contributed by atoms with van der Waals surface area (Å²) >= 11 is 0. The number of halogens is 2. The van der Waals surface area contributed by atoms with Crippen molar-refractivity contribution in [1.82, 2.24) is 15.3 Å². The van der Waals surface area contributed by atoms with E-state index in [1.165, 1.54) is 35.1 Å². The van der Waals surface area contributed by atoms with Gasteiger partial charge in [-0.3, -0.25) is 19.7 Å². The highest BCUT2D eigenvalue weighted by molar-refractivity contribution is 6.05. The molecule has 2 N–H and O–H groups in total. The second-order valence-electron chi connectivity index (χ2n) is 10.4. The van der Waals surface area contributed by atoms with Crippen LogP contribution in [0.4, 0.5) is 13.6 Å². The second-order valence-corrected chi connectivity index (χ2v) is 10.4. The van der Waals surface area contributed by atoms with Crippen molar-refractivity contribution in [2.45, 2.75) is 75.9 Å². The van der Waals surface area contributed by atoms with Crippen molar-refractivity contribution in [3.05, 3.63) is 35.4 Å². The quantitative estimate of drug-likeness (QED) is 0.368. The Kier molecular flexibility index (Phi) is 5.63. The first-order valence-corrected chi connectivity index (χ1v) is 11.8. The van der Waals surface area contributed by atoms with Gasteiger partial charge in [0.2, 0.25) is 5.91 Å². The first-order chi connectivity index (χ1) is 15.8. The van der Waals surface area contributed by atoms with E-state index in [4.69, 9.17) is 5.21 Å². The van der Waals surface area contributed by atoms with Crippen LogP contribution >= 0.6 is 0 Å². The Balaban J connectivity index is 1.43. The van der Waals surface area contributed by atoms with Gasteiger partial charge in [0.1, 0.15) is 17.7 Å². The lowest BCUT2D eigenvalue weighted by atomic mass is 9.52. The Hall–Kier alpha value is -2.55. The minimum Gasteiger partial charge on any atom is -0.308 e. The Morgan fingerprint density at radius 2 is 1.73 bits per heavy atom. The SMILES string of the molecule is O=C(CCCC1C(=O)N(C23CC4CC(CC(C4)C2)C3)C(=O)N1Cc1ccc(F)cc1F)NO. The highest BCUT2D eigenvalue weighted by Gasteiger charge is 2.60. The molecule has 1 atom stereocenters. The fourth-order valence-corrected chi connectivity index (χ4v) is 7.22. The fourth-order valence-electron chi connectivity index (χ4n) is 7.22. The highest BCUT2D eigenvalue weighted by Crippen LogP contribution is 2.58. The van der Waals surface area contributed by atoms with Gasteiger partial charge < -0.3 is 4.90 Å². The lowest BCUT2D eigenvalue weighted by Crippen LogP contribution is -2.62. The molecule has 4 aliphatic carbocycles. The van der Waals surface area contributed by atoms with Gasteiger partial charge in [0.15, 0.2) is 0 Å². The van der Waals surface area contributed by atoms with Crippen LogP contribution in [0.15, 0.2) is 18.2 Å². The van der Waals surface area contributed by atoms with Gasteiger partial charge in [-0.2, -0.15) is 0 Å². The Morgan fingerprint density at radius 3 is 2.30 bits per heavy atom. The van der Waals surface area contributed by atoms with Crippen molar-refractivity contribution in [2.75, 3.05) is 0 Å². The predicted molar refractivity (Wildman–Crippen MR) is 113 cm³/mol. The van der Waals surface area contributed by atoms with Crippen LogP contribution in [-0.2, 0) is 16.1 Å². The minimum atomic E-state index is -0.818. The van der Waals surface area contributed by atoms with Gasteiger partial charge in [-0.25, -0.2) is 19.1 Å². The third-order valence-electron chi connectivity index (χ3n) is 8.16. The van der Waals surface area contributed by atoms with E-state index in [1.54, 1.807) is 5.48 Å². The number of nitrogens with one attached hydrogen (secondary N) is 1. The van der Waals surface area contributed by atoms with Gasteiger partial charge in [-0.05, 0) is 75.2 Å². The number of amides is 4. The molecule has 7 nitrogen and oxygen atoms in total. The van der Waals surface area contributed by atoms with Crippen LogP contribution < -0.4 is 5.48 Å². The monoisotopic (exact) mass is 461 g/mol. The maximum absolute atomic E-state index is 14.4. The predicted octanol–water partition coefficient (Wildman–Crippen LogP) is 3.74. The molecule has 1 aromatic rings. The number of rotatable bonds is 7. The number of benzene rings is 1. The van der Waals surface area contributed by atoms with Crippen molar-refractivity contribution in [2.24, 2.45) is 17.8 Å². The third kappa shape index (κ3) is 3.90. The van der Waals surface area contributed by atoms with Crippen molar-refractivity contribution >= 4 is 17.8 Å². The number of carbonyl (C=O) groups is 3. The maximum Gasteiger partial charge on any atom is 0.328 e. The van der Waals surface area contributed by atoms with Crippen LogP contribution in [0.2, 0.25) is 0 Å². The summed E-state index contributed by atoms with van der Waals surface area (Å²) in [7, 11) is 0. The summed E-state index contributed by atoms with van der Waals surface area (Å²) in [6.45, 7) is -0.142. The molecule has 0 aromatic heterocycles. The molecular weight excluding hydrogens is 432 g/mol. The third-order valence-corrected chi connectivity index (χ3v) is 8.16. The maximum atomic E-state index is 14.4. The van der Waals surface area contributed by atoms with Gasteiger partial charge in [0.25, 0.3) is 5.91 Å². The van der Waals surface area contributed by atoms with Crippen LogP contribution in [0.5, 0.6) is 0 Å². The molecule has 0 spiro atoms. The molecule has 4 amide bonds. The second kappa shape index (κ2) is 8.34. The van der Waals surface area contributed by atoms with Gasteiger partial charge >= 0.3 is 6.03 Å². The zero-order valence-corrected chi connectivity index (χ0v) is 18.4. The van der Waals surface area contributed by atoms with Crippen LogP contribution in [-0.4, -0.2) is 44.4 Å². The number of carbonyl (C=O) groups excluding carboxylic acids is 3. The molecule has 1 heterocycles. The van der Waals surface area contributed by atoms with E-state index in [0.717, 1.165) is 31.4 Å². The normalized spacial score (nSPS) is 32.7. The molecule has 1 aliphatic heterocycles. The van der Waals surface area contributed by atoms with Crippen LogP contribution in [0.3, 0.4) is 0 Å². The lowest BCUT2D eigenvalue weighted by Gasteiger charge is -2.58. The van der Waals surface area contributed by atoms with E-state index in [0.29, 0.717) is 17.8 Å². The van der Waals surface area contributed by atoms with Crippen LogP contribution in [0.25, 0.3) is 0 Å². The van der Waals surface area contributed by atoms with Crippen molar-refractivity contribution < 1.29 is 28.4 Å². The molecule has 178 valence electrons. The summed E-state index contributed by atoms with van der Waals surface area (Å²) in [6.07, 6.45) is 6.50. The molecule has 5 fully saturated rings. The van der Waals surface area contributed by atoms with Crippen LogP contribution in [0.1, 0.15) is 63.4 Å². The summed E-state index contributed by atoms with van der Waals surface area (Å²) < 4.78 is 27.8. The molecule has 6 rings (SSSR count). The molecule has 9 heteroatoms. The van der Waals surface area contributed by atoms with E-state index >= 15 is 0 Å². The number of hydroxylamine groups is 1. The summed E-state index contributed by atoms with van der Waals surface area (Å²) in [5.41, 5.74) is 1.24. The lowest BCUT2D eigenvalue weighted by molar-refractivity contribution is -0.141. The first kappa shape index (κ1) is 22.3. The van der Waals surface area contributed by atoms with E-state index in [1.807, 2.05) is 0 Å². The van der Waals surface area contributed by atoms with Crippen molar-refractivity contribution in [3.8, 4) is 0 Å². The van der Waals surface area contributed by atoms with Gasteiger partial charge in [-0.15, -0.1) is 0 Å². The minimum absolute atomic E-state index is 0.00455. The van der Waals surface area contributed by atoms with Crippen molar-refractivity contribution in [3.63, 3.8) is 0 Å². The Bertz CT molecular complexity index is 949. The van der Waals surface area contributed by atoms with Crippen LogP contribution in [0, 0.1) is 29.4 Å². The van der Waals surface area contributed by atoms with Gasteiger partial charge in [0.05, 0.1) is 12.1 Å². The highest BCUT2D eigenvalue weighted by atomic mass is 19.1. The topological polar surface area (TPSA) is 90.0 Å².